The van der Waals surface area contributed by atoms with Crippen LogP contribution in [0.3, 0.4) is 0 Å². The van der Waals surface area contributed by atoms with E-state index in [-0.39, 0.29) is 18.0 Å². The Hall–Kier alpha value is -2.58. The van der Waals surface area contributed by atoms with Gasteiger partial charge in [0, 0.05) is 35.7 Å². The van der Waals surface area contributed by atoms with E-state index in [2.05, 4.69) is 15.5 Å². The van der Waals surface area contributed by atoms with Crippen LogP contribution in [0.4, 0.5) is 5.82 Å². The van der Waals surface area contributed by atoms with Gasteiger partial charge < -0.3 is 5.32 Å². The van der Waals surface area contributed by atoms with Crippen LogP contribution in [0, 0.1) is 0 Å². The molecule has 0 aliphatic carbocycles. The van der Waals surface area contributed by atoms with E-state index in [0.717, 1.165) is 27.4 Å². The lowest BCUT2D eigenvalue weighted by Crippen LogP contribution is -2.30. The maximum absolute atomic E-state index is 12.5. The molecule has 0 fully saturated rings. The fourth-order valence-corrected chi connectivity index (χ4v) is 4.25. The molecule has 3 heterocycles. The molecule has 2 aromatic heterocycles. The maximum Gasteiger partial charge on any atom is 0.267 e. The number of aryl methyl sites for hydroxylation is 1. The van der Waals surface area contributed by atoms with Gasteiger partial charge in [0.25, 0.3) is 5.56 Å². The fourth-order valence-electron chi connectivity index (χ4n) is 2.98. The number of halogens is 1. The molecule has 0 saturated heterocycles. The molecule has 1 aliphatic heterocycles. The zero-order chi connectivity index (χ0) is 19.0. The first kappa shape index (κ1) is 17.8. The van der Waals surface area contributed by atoms with Gasteiger partial charge in [0.05, 0.1) is 16.4 Å². The number of benzene rings is 1. The number of fused-ring (bicyclic) bond motifs is 1. The number of carbonyl (C=O) groups excluding carboxylic acids is 1. The highest BCUT2D eigenvalue weighted by Crippen LogP contribution is 2.34. The van der Waals surface area contributed by atoms with Crippen LogP contribution in [0.2, 0.25) is 5.02 Å². The molecule has 0 atom stereocenters. The largest absolute Gasteiger partial charge is 0.309 e. The number of nitrogens with zero attached hydrogens (tertiary/aromatic N) is 4. The van der Waals surface area contributed by atoms with Crippen LogP contribution < -0.4 is 10.9 Å². The molecule has 0 radical (unpaired) electrons. The Balaban J connectivity index is 1.58. The van der Waals surface area contributed by atoms with Crippen LogP contribution >= 0.6 is 23.4 Å². The number of thioether (sulfide) groups is 1. The van der Waals surface area contributed by atoms with Crippen molar-refractivity contribution in [1.29, 1.82) is 0 Å². The lowest BCUT2D eigenvalue weighted by molar-refractivity contribution is -0.117. The zero-order valence-corrected chi connectivity index (χ0v) is 16.0. The normalized spacial score (nSPS) is 12.8. The topological polar surface area (TPSA) is 81.8 Å². The number of aromatic nitrogens is 4. The number of anilines is 1. The Morgan fingerprint density at radius 3 is 2.85 bits per heavy atom. The van der Waals surface area contributed by atoms with E-state index in [4.69, 9.17) is 11.6 Å². The third kappa shape index (κ3) is 3.50. The Kier molecular flexibility index (Phi) is 4.75. The van der Waals surface area contributed by atoms with Crippen molar-refractivity contribution in [2.45, 2.75) is 18.1 Å². The van der Waals surface area contributed by atoms with Gasteiger partial charge >= 0.3 is 0 Å². The van der Waals surface area contributed by atoms with Crippen molar-refractivity contribution < 1.29 is 4.79 Å². The van der Waals surface area contributed by atoms with Crippen molar-refractivity contribution in [3.63, 3.8) is 0 Å². The van der Waals surface area contributed by atoms with Crippen LogP contribution in [0.15, 0.2) is 41.2 Å². The molecule has 7 nitrogen and oxygen atoms in total. The lowest BCUT2D eigenvalue weighted by atomic mass is 10.1. The second kappa shape index (κ2) is 7.21. The summed E-state index contributed by atoms with van der Waals surface area (Å²) in [5, 5.41) is 12.1. The van der Waals surface area contributed by atoms with Crippen molar-refractivity contribution in [3.05, 3.63) is 63.0 Å². The zero-order valence-electron chi connectivity index (χ0n) is 14.5. The Bertz CT molecular complexity index is 1090. The van der Waals surface area contributed by atoms with Gasteiger partial charge in [0.2, 0.25) is 5.91 Å². The molecular formula is C18H16ClN5O2S. The summed E-state index contributed by atoms with van der Waals surface area (Å²) < 4.78 is 2.80. The summed E-state index contributed by atoms with van der Waals surface area (Å²) in [5.74, 6) is 2.01. The smallest absolute Gasteiger partial charge is 0.267 e. The van der Waals surface area contributed by atoms with E-state index >= 15 is 0 Å². The molecule has 4 rings (SSSR count). The fraction of sp³-hybridized carbons (Fsp3) is 0.222. The van der Waals surface area contributed by atoms with Gasteiger partial charge in [-0.05, 0) is 12.1 Å². The minimum atomic E-state index is -0.355. The minimum absolute atomic E-state index is 0.190. The summed E-state index contributed by atoms with van der Waals surface area (Å²) in [6.45, 7) is -0.190. The molecule has 0 unspecified atom stereocenters. The number of hydrogen-bond donors (Lipinski definition) is 1. The predicted octanol–water partition coefficient (Wildman–Crippen LogP) is 2.68. The molecule has 27 heavy (non-hydrogen) atoms. The van der Waals surface area contributed by atoms with E-state index in [9.17, 15) is 9.59 Å². The maximum atomic E-state index is 12.5. The highest BCUT2D eigenvalue weighted by atomic mass is 35.5. The molecule has 0 bridgehead atoms. The van der Waals surface area contributed by atoms with Crippen molar-refractivity contribution >= 4 is 35.1 Å². The van der Waals surface area contributed by atoms with Gasteiger partial charge in [-0.2, -0.15) is 22.0 Å². The van der Waals surface area contributed by atoms with Crippen molar-refractivity contribution in [2.24, 2.45) is 7.05 Å². The Labute approximate surface area is 164 Å². The first-order chi connectivity index (χ1) is 13.0. The first-order valence-corrected chi connectivity index (χ1v) is 9.81. The number of nitrogens with one attached hydrogen (secondary N) is 1. The molecule has 1 amide bonds. The minimum Gasteiger partial charge on any atom is -0.309 e. The third-order valence-electron chi connectivity index (χ3n) is 4.28. The highest BCUT2D eigenvalue weighted by Gasteiger charge is 2.22. The average molecular weight is 402 g/mol. The molecule has 1 N–H and O–H groups in total. The quantitative estimate of drug-likeness (QED) is 0.726. The predicted molar refractivity (Wildman–Crippen MR) is 106 cm³/mol. The first-order valence-electron chi connectivity index (χ1n) is 8.28. The summed E-state index contributed by atoms with van der Waals surface area (Å²) in [6, 6.07) is 10.2. The van der Waals surface area contributed by atoms with Gasteiger partial charge in [0.1, 0.15) is 12.4 Å². The van der Waals surface area contributed by atoms with Crippen LogP contribution in [-0.4, -0.2) is 25.5 Å². The second-order valence-corrected chi connectivity index (χ2v) is 7.53. The van der Waals surface area contributed by atoms with E-state index in [1.165, 1.54) is 6.07 Å². The van der Waals surface area contributed by atoms with Crippen molar-refractivity contribution in [2.75, 3.05) is 5.32 Å². The van der Waals surface area contributed by atoms with Gasteiger partial charge in [-0.25, -0.2) is 4.68 Å². The number of rotatable bonds is 4. The third-order valence-corrected chi connectivity index (χ3v) is 5.58. The van der Waals surface area contributed by atoms with E-state index in [1.807, 2.05) is 18.2 Å². The van der Waals surface area contributed by atoms with Crippen LogP contribution in [0.5, 0.6) is 0 Å². The molecule has 3 aromatic rings. The summed E-state index contributed by atoms with van der Waals surface area (Å²) in [5.41, 5.74) is 2.92. The van der Waals surface area contributed by atoms with E-state index in [0.29, 0.717) is 22.1 Å². The molecule has 1 aliphatic rings. The average Bonchev–Trinajstić information content (AvgIpc) is 3.20. The van der Waals surface area contributed by atoms with E-state index < -0.39 is 0 Å². The van der Waals surface area contributed by atoms with Crippen molar-refractivity contribution in [1.82, 2.24) is 19.6 Å². The number of amides is 1. The Morgan fingerprint density at radius 2 is 2.04 bits per heavy atom. The molecule has 138 valence electrons. The Morgan fingerprint density at radius 1 is 1.22 bits per heavy atom. The second-order valence-electron chi connectivity index (χ2n) is 6.13. The number of carbonyl (C=O) groups is 1. The molecular weight excluding hydrogens is 386 g/mol. The lowest BCUT2D eigenvalue weighted by Gasteiger charge is -2.10. The van der Waals surface area contributed by atoms with Gasteiger partial charge in [-0.1, -0.05) is 29.8 Å². The molecule has 0 saturated carbocycles. The summed E-state index contributed by atoms with van der Waals surface area (Å²) in [4.78, 5) is 24.7. The van der Waals surface area contributed by atoms with Gasteiger partial charge in [0.15, 0.2) is 0 Å². The van der Waals surface area contributed by atoms with Crippen LogP contribution in [0.25, 0.3) is 11.3 Å². The van der Waals surface area contributed by atoms with Crippen LogP contribution in [-0.2, 0) is 29.9 Å². The summed E-state index contributed by atoms with van der Waals surface area (Å²) >= 11 is 7.96. The van der Waals surface area contributed by atoms with Gasteiger partial charge in [-0.15, -0.1) is 0 Å². The highest BCUT2D eigenvalue weighted by molar-refractivity contribution is 7.98. The van der Waals surface area contributed by atoms with E-state index in [1.54, 1.807) is 35.6 Å². The SMILES string of the molecule is Cn1nc2c(c1NC(=O)Cn1nc(-c3ccccc3Cl)ccc1=O)CSC2. The monoisotopic (exact) mass is 401 g/mol. The standard InChI is InChI=1S/C18H16ClN5O2S/c1-23-18(12-9-27-10-15(12)21-23)20-16(25)8-24-17(26)7-6-14(22-24)11-4-2-3-5-13(11)19/h2-7H,8-10H2,1H3,(H,20,25). The summed E-state index contributed by atoms with van der Waals surface area (Å²) in [7, 11) is 1.79. The van der Waals surface area contributed by atoms with Crippen molar-refractivity contribution in [3.8, 4) is 11.3 Å². The molecule has 9 heteroatoms. The number of hydrogen-bond acceptors (Lipinski definition) is 5. The summed E-state index contributed by atoms with van der Waals surface area (Å²) in [6.07, 6.45) is 0. The molecule has 0 spiro atoms. The van der Waals surface area contributed by atoms with Crippen LogP contribution in [0.1, 0.15) is 11.3 Å². The van der Waals surface area contributed by atoms with Gasteiger partial charge in [-0.3, -0.25) is 14.3 Å². The molecule has 1 aromatic carbocycles.